The predicted octanol–water partition coefficient (Wildman–Crippen LogP) is 3.08. The Labute approximate surface area is 93.8 Å². The van der Waals surface area contributed by atoms with Gasteiger partial charge in [0.15, 0.2) is 0 Å². The molecule has 2 nitrogen and oxygen atoms in total. The molecule has 0 bridgehead atoms. The molecule has 3 heteroatoms. The van der Waals surface area contributed by atoms with Crippen molar-refractivity contribution in [1.29, 1.82) is 0 Å². The van der Waals surface area contributed by atoms with Gasteiger partial charge in [-0.25, -0.2) is 4.79 Å². The smallest absolute Gasteiger partial charge is 0.331 e. The van der Waals surface area contributed by atoms with Gasteiger partial charge in [-0.05, 0) is 23.8 Å². The maximum atomic E-state index is 11.1. The van der Waals surface area contributed by atoms with Gasteiger partial charge in [0.05, 0.1) is 0 Å². The van der Waals surface area contributed by atoms with E-state index in [0.29, 0.717) is 5.02 Å². The number of ether oxygens (including phenoxy) is 1. The molecule has 0 aromatic heterocycles. The number of hydrogen-bond acceptors (Lipinski definition) is 2. The van der Waals surface area contributed by atoms with E-state index in [1.54, 1.807) is 18.2 Å². The van der Waals surface area contributed by atoms with Crippen LogP contribution in [0.3, 0.4) is 0 Å². The van der Waals surface area contributed by atoms with E-state index in [-0.39, 0.29) is 12.6 Å². The van der Waals surface area contributed by atoms with Gasteiger partial charge in [0.25, 0.3) is 0 Å². The van der Waals surface area contributed by atoms with Gasteiger partial charge in [-0.15, -0.1) is 0 Å². The second kappa shape index (κ2) is 6.04. The monoisotopic (exact) mass is 222 g/mol. The first-order chi connectivity index (χ1) is 7.22. The zero-order valence-corrected chi connectivity index (χ0v) is 8.91. The molecule has 0 heterocycles. The lowest BCUT2D eigenvalue weighted by Gasteiger charge is -1.96. The third-order valence-electron chi connectivity index (χ3n) is 1.63. The fraction of sp³-hybridized carbons (Fsp3) is 0.0833. The lowest BCUT2D eigenvalue weighted by atomic mass is 10.2. The summed E-state index contributed by atoms with van der Waals surface area (Å²) in [5, 5.41) is 0.668. The molecule has 1 rings (SSSR count). The molecule has 0 radical (unpaired) electrons. The first-order valence-electron chi connectivity index (χ1n) is 4.43. The SMILES string of the molecule is C=CCOC(=O)C=Cc1ccc(Cl)cc1. The molecule has 0 saturated heterocycles. The molecule has 15 heavy (non-hydrogen) atoms. The Hall–Kier alpha value is -1.54. The molecule has 0 atom stereocenters. The average molecular weight is 223 g/mol. The molecule has 1 aromatic rings. The first-order valence-corrected chi connectivity index (χ1v) is 4.81. The normalized spacial score (nSPS) is 10.2. The van der Waals surface area contributed by atoms with Gasteiger partial charge in [-0.2, -0.15) is 0 Å². The fourth-order valence-corrected chi connectivity index (χ4v) is 1.05. The Bertz CT molecular complexity index is 366. The van der Waals surface area contributed by atoms with E-state index in [0.717, 1.165) is 5.56 Å². The van der Waals surface area contributed by atoms with E-state index >= 15 is 0 Å². The number of benzene rings is 1. The van der Waals surface area contributed by atoms with Crippen molar-refractivity contribution in [3.05, 3.63) is 53.6 Å². The van der Waals surface area contributed by atoms with Crippen LogP contribution in [-0.2, 0) is 9.53 Å². The quantitative estimate of drug-likeness (QED) is 0.445. The van der Waals surface area contributed by atoms with E-state index in [1.807, 2.05) is 12.1 Å². The minimum atomic E-state index is -0.384. The molecule has 0 spiro atoms. The highest BCUT2D eigenvalue weighted by Gasteiger charge is 1.94. The fourth-order valence-electron chi connectivity index (χ4n) is 0.927. The maximum Gasteiger partial charge on any atom is 0.331 e. The summed E-state index contributed by atoms with van der Waals surface area (Å²) in [6, 6.07) is 7.16. The van der Waals surface area contributed by atoms with Crippen LogP contribution in [-0.4, -0.2) is 12.6 Å². The summed E-state index contributed by atoms with van der Waals surface area (Å²) < 4.78 is 4.77. The molecule has 0 fully saturated rings. The number of hydrogen-bond donors (Lipinski definition) is 0. The molecule has 1 aromatic carbocycles. The van der Waals surface area contributed by atoms with Crippen LogP contribution in [0, 0.1) is 0 Å². The molecule has 0 aliphatic carbocycles. The number of rotatable bonds is 4. The van der Waals surface area contributed by atoms with Crippen LogP contribution in [0.15, 0.2) is 43.0 Å². The van der Waals surface area contributed by atoms with E-state index in [2.05, 4.69) is 6.58 Å². The van der Waals surface area contributed by atoms with Gasteiger partial charge in [-0.3, -0.25) is 0 Å². The molecule has 0 saturated carbocycles. The number of carbonyl (C=O) groups is 1. The first kappa shape index (κ1) is 11.5. The Balaban J connectivity index is 2.53. The highest BCUT2D eigenvalue weighted by molar-refractivity contribution is 6.30. The van der Waals surface area contributed by atoms with Crippen LogP contribution in [0.1, 0.15) is 5.56 Å². The number of esters is 1. The number of carbonyl (C=O) groups excluding carboxylic acids is 1. The van der Waals surface area contributed by atoms with E-state index in [4.69, 9.17) is 16.3 Å². The zero-order chi connectivity index (χ0) is 11.1. The van der Waals surface area contributed by atoms with Gasteiger partial charge in [0.1, 0.15) is 6.61 Å². The highest BCUT2D eigenvalue weighted by atomic mass is 35.5. The van der Waals surface area contributed by atoms with E-state index < -0.39 is 0 Å². The van der Waals surface area contributed by atoms with Gasteiger partial charge in [0.2, 0.25) is 0 Å². The molecule has 0 aliphatic heterocycles. The van der Waals surface area contributed by atoms with Crippen LogP contribution in [0.25, 0.3) is 6.08 Å². The summed E-state index contributed by atoms with van der Waals surface area (Å²) in [6.45, 7) is 3.67. The predicted molar refractivity (Wildman–Crippen MR) is 61.6 cm³/mol. The maximum absolute atomic E-state index is 11.1. The van der Waals surface area contributed by atoms with Crippen LogP contribution >= 0.6 is 11.6 Å². The Morgan fingerprint density at radius 3 is 2.67 bits per heavy atom. The van der Waals surface area contributed by atoms with Crippen LogP contribution in [0.2, 0.25) is 5.02 Å². The van der Waals surface area contributed by atoms with E-state index in [1.165, 1.54) is 12.2 Å². The molecular weight excluding hydrogens is 212 g/mol. The molecular formula is C12H11ClO2. The Kier molecular flexibility index (Phi) is 4.64. The van der Waals surface area contributed by atoms with Crippen molar-refractivity contribution in [2.45, 2.75) is 0 Å². The summed E-state index contributed by atoms with van der Waals surface area (Å²) >= 11 is 5.72. The van der Waals surface area contributed by atoms with Crippen molar-refractivity contribution < 1.29 is 9.53 Å². The zero-order valence-electron chi connectivity index (χ0n) is 8.15. The Morgan fingerprint density at radius 1 is 1.40 bits per heavy atom. The van der Waals surface area contributed by atoms with Crippen molar-refractivity contribution in [1.82, 2.24) is 0 Å². The lowest BCUT2D eigenvalue weighted by molar-refractivity contribution is -0.136. The van der Waals surface area contributed by atoms with Crippen molar-refractivity contribution in [2.24, 2.45) is 0 Å². The summed E-state index contributed by atoms with van der Waals surface area (Å²) in [4.78, 5) is 11.1. The third kappa shape index (κ3) is 4.47. The second-order valence-corrected chi connectivity index (χ2v) is 3.24. The van der Waals surface area contributed by atoms with Crippen molar-refractivity contribution in [3.8, 4) is 0 Å². The minimum absolute atomic E-state index is 0.226. The van der Waals surface area contributed by atoms with Gasteiger partial charge >= 0.3 is 5.97 Å². The third-order valence-corrected chi connectivity index (χ3v) is 1.88. The molecule has 0 unspecified atom stereocenters. The van der Waals surface area contributed by atoms with E-state index in [9.17, 15) is 4.79 Å². The molecule has 0 aliphatic rings. The standard InChI is InChI=1S/C12H11ClO2/c1-2-9-15-12(14)8-5-10-3-6-11(13)7-4-10/h2-8H,1,9H2. The summed E-state index contributed by atoms with van der Waals surface area (Å²) in [5.41, 5.74) is 0.898. The molecule has 0 N–H and O–H groups in total. The largest absolute Gasteiger partial charge is 0.458 e. The summed E-state index contributed by atoms with van der Waals surface area (Å²) in [6.07, 6.45) is 4.56. The minimum Gasteiger partial charge on any atom is -0.458 e. The van der Waals surface area contributed by atoms with Crippen molar-refractivity contribution in [3.63, 3.8) is 0 Å². The highest BCUT2D eigenvalue weighted by Crippen LogP contribution is 2.10. The Morgan fingerprint density at radius 2 is 2.07 bits per heavy atom. The average Bonchev–Trinajstić information content (AvgIpc) is 2.25. The lowest BCUT2D eigenvalue weighted by Crippen LogP contribution is -1.99. The van der Waals surface area contributed by atoms with Crippen molar-refractivity contribution >= 4 is 23.6 Å². The molecule has 78 valence electrons. The van der Waals surface area contributed by atoms with Gasteiger partial charge in [-0.1, -0.05) is 36.4 Å². The van der Waals surface area contributed by atoms with Crippen LogP contribution < -0.4 is 0 Å². The summed E-state index contributed by atoms with van der Waals surface area (Å²) in [7, 11) is 0. The number of halogens is 1. The van der Waals surface area contributed by atoms with Gasteiger partial charge < -0.3 is 4.74 Å². The van der Waals surface area contributed by atoms with Crippen molar-refractivity contribution in [2.75, 3.05) is 6.61 Å². The summed E-state index contributed by atoms with van der Waals surface area (Å²) in [5.74, 6) is -0.384. The van der Waals surface area contributed by atoms with Crippen LogP contribution in [0.4, 0.5) is 0 Å². The molecule has 0 amide bonds. The second-order valence-electron chi connectivity index (χ2n) is 2.80. The van der Waals surface area contributed by atoms with Crippen LogP contribution in [0.5, 0.6) is 0 Å². The topological polar surface area (TPSA) is 26.3 Å². The van der Waals surface area contributed by atoms with Gasteiger partial charge in [0, 0.05) is 11.1 Å².